The fourth-order valence-electron chi connectivity index (χ4n) is 11.5. The van der Waals surface area contributed by atoms with Gasteiger partial charge in [0.05, 0.1) is 23.2 Å². The summed E-state index contributed by atoms with van der Waals surface area (Å²) in [6, 6.07) is 0. The lowest BCUT2D eigenvalue weighted by molar-refractivity contribution is -0.331. The highest BCUT2D eigenvalue weighted by molar-refractivity contribution is 6.18. The summed E-state index contributed by atoms with van der Waals surface area (Å²) in [5.41, 5.74) is -3.46. The summed E-state index contributed by atoms with van der Waals surface area (Å²) in [7, 11) is 0. The molecule has 5 heteroatoms. The first-order valence-electron chi connectivity index (χ1n) is 13.8. The Balaban J connectivity index is 1.63. The van der Waals surface area contributed by atoms with Gasteiger partial charge in [-0.05, 0) is 68.6 Å². The summed E-state index contributed by atoms with van der Waals surface area (Å²) < 4.78 is 14.0. The molecule has 7 bridgehead atoms. The smallest absolute Gasteiger partial charge is 0.238 e. The number of carbonyl (C=O) groups is 2. The van der Waals surface area contributed by atoms with Crippen LogP contribution in [-0.2, 0) is 19.1 Å². The van der Waals surface area contributed by atoms with Gasteiger partial charge in [0.25, 0.3) is 0 Å². The number of hydrogen-bond acceptors (Lipinski definition) is 5. The van der Waals surface area contributed by atoms with Gasteiger partial charge in [-0.15, -0.1) is 0 Å². The van der Waals surface area contributed by atoms with E-state index in [0.29, 0.717) is 12.8 Å². The second kappa shape index (κ2) is 6.05. The van der Waals surface area contributed by atoms with Crippen molar-refractivity contribution in [2.75, 3.05) is 6.61 Å². The zero-order valence-corrected chi connectivity index (χ0v) is 21.9. The van der Waals surface area contributed by atoms with E-state index >= 15 is 4.79 Å². The zero-order chi connectivity index (χ0) is 25.0. The zero-order valence-electron chi connectivity index (χ0n) is 21.9. The molecule has 0 aromatic heterocycles. The maximum absolute atomic E-state index is 15.2. The number of hydrogen-bond donors (Lipinski definition) is 1. The Kier molecular flexibility index (Phi) is 3.95. The van der Waals surface area contributed by atoms with Crippen LogP contribution in [0.25, 0.3) is 0 Å². The minimum absolute atomic E-state index is 0.0148. The van der Waals surface area contributed by atoms with Crippen molar-refractivity contribution in [3.05, 3.63) is 24.3 Å². The molecule has 3 spiro atoms. The van der Waals surface area contributed by atoms with Gasteiger partial charge in [0, 0.05) is 11.3 Å². The Hall–Kier alpha value is -1.30. The van der Waals surface area contributed by atoms with Gasteiger partial charge in [-0.3, -0.25) is 9.59 Å². The average molecular weight is 481 g/mol. The van der Waals surface area contributed by atoms with E-state index in [9.17, 15) is 9.90 Å². The molecule has 8 fully saturated rings. The van der Waals surface area contributed by atoms with Gasteiger partial charge >= 0.3 is 0 Å². The van der Waals surface area contributed by atoms with Gasteiger partial charge in [-0.25, -0.2) is 0 Å². The number of rotatable bonds is 2. The van der Waals surface area contributed by atoms with Crippen LogP contribution in [0, 0.1) is 45.3 Å². The van der Waals surface area contributed by atoms with Gasteiger partial charge in [0.15, 0.2) is 5.78 Å². The summed E-state index contributed by atoms with van der Waals surface area (Å²) in [5, 5.41) is 11.9. The third kappa shape index (κ3) is 1.98. The Morgan fingerprint density at radius 3 is 2.57 bits per heavy atom. The number of aliphatic hydroxyl groups is 1. The van der Waals surface area contributed by atoms with E-state index in [1.165, 1.54) is 0 Å². The minimum Gasteiger partial charge on any atom is -0.387 e. The van der Waals surface area contributed by atoms with Gasteiger partial charge in [0.2, 0.25) is 11.6 Å². The van der Waals surface area contributed by atoms with Crippen molar-refractivity contribution in [3.63, 3.8) is 0 Å². The van der Waals surface area contributed by atoms with Crippen LogP contribution in [0.2, 0.25) is 0 Å². The van der Waals surface area contributed by atoms with Crippen molar-refractivity contribution in [2.45, 2.75) is 96.6 Å². The van der Waals surface area contributed by atoms with Crippen molar-refractivity contribution in [1.29, 1.82) is 0 Å². The normalized spacial score (nSPS) is 57.0. The van der Waals surface area contributed by atoms with E-state index in [-0.39, 0.29) is 41.3 Å². The molecule has 0 amide bonds. The quantitative estimate of drug-likeness (QED) is 0.576. The standard InChI is InChI=1S/C30H40O5/c1-7-18-13-19-21-25(6,33)16-34-30-23(32)29(21,17(2)3)22(31)26(14-18)12-9-20-24(4,5)10-8-11-27(20,35-30)15-28(19,26)30/h7,13,17,19-21,33H,1,8-12,14-16H2,2-6H3/t19-,20+,21+,25-,26+,27+,28+,29-,30+/m1/s1. The molecule has 0 aromatic carbocycles. The van der Waals surface area contributed by atoms with Crippen LogP contribution in [0.3, 0.4) is 0 Å². The molecule has 1 N–H and O–H groups in total. The molecule has 3 saturated heterocycles. The fourth-order valence-corrected chi connectivity index (χ4v) is 11.5. The van der Waals surface area contributed by atoms with Crippen LogP contribution >= 0.6 is 0 Å². The van der Waals surface area contributed by atoms with Gasteiger partial charge < -0.3 is 14.6 Å². The number of fused-ring (bicyclic) bond motifs is 2. The van der Waals surface area contributed by atoms with E-state index in [1.54, 1.807) is 6.92 Å². The van der Waals surface area contributed by atoms with Crippen molar-refractivity contribution in [2.24, 2.45) is 45.3 Å². The maximum atomic E-state index is 15.2. The second-order valence-electron chi connectivity index (χ2n) is 14.4. The Bertz CT molecular complexity index is 1120. The first-order valence-corrected chi connectivity index (χ1v) is 13.8. The fraction of sp³-hybridized carbons (Fsp3) is 0.800. The van der Waals surface area contributed by atoms with E-state index in [1.807, 2.05) is 19.9 Å². The number of carbonyl (C=O) groups excluding carboxylic acids is 2. The maximum Gasteiger partial charge on any atom is 0.238 e. The minimum atomic E-state index is -1.47. The Morgan fingerprint density at radius 2 is 1.89 bits per heavy atom. The van der Waals surface area contributed by atoms with Gasteiger partial charge in [0.1, 0.15) is 5.41 Å². The largest absolute Gasteiger partial charge is 0.387 e. The predicted molar refractivity (Wildman–Crippen MR) is 130 cm³/mol. The first-order chi connectivity index (χ1) is 16.3. The van der Waals surface area contributed by atoms with E-state index < -0.39 is 39.2 Å². The molecule has 0 aromatic rings. The summed E-state index contributed by atoms with van der Waals surface area (Å²) in [6.45, 7) is 14.5. The summed E-state index contributed by atoms with van der Waals surface area (Å²) in [5.74, 6) is -2.27. The third-order valence-corrected chi connectivity index (χ3v) is 12.4. The van der Waals surface area contributed by atoms with Crippen molar-refractivity contribution >= 4 is 11.6 Å². The van der Waals surface area contributed by atoms with E-state index in [2.05, 4.69) is 26.5 Å². The van der Waals surface area contributed by atoms with Crippen LogP contribution in [0.5, 0.6) is 0 Å². The van der Waals surface area contributed by atoms with Crippen LogP contribution in [0.4, 0.5) is 0 Å². The number of Topliss-reactive ketones (excluding diaryl/α,β-unsaturated/α-hetero) is 2. The highest BCUT2D eigenvalue weighted by Crippen LogP contribution is 2.85. The Morgan fingerprint density at radius 1 is 1.14 bits per heavy atom. The van der Waals surface area contributed by atoms with E-state index in [0.717, 1.165) is 37.7 Å². The average Bonchev–Trinajstić information content (AvgIpc) is 2.89. The highest BCUT2D eigenvalue weighted by atomic mass is 16.7. The molecular weight excluding hydrogens is 440 g/mol. The molecule has 6 aliphatic carbocycles. The van der Waals surface area contributed by atoms with Crippen LogP contribution < -0.4 is 0 Å². The first kappa shape index (κ1) is 22.9. The Labute approximate surface area is 208 Å². The molecule has 35 heavy (non-hydrogen) atoms. The molecule has 0 unspecified atom stereocenters. The van der Waals surface area contributed by atoms with Gasteiger partial charge in [-0.1, -0.05) is 58.4 Å². The second-order valence-corrected chi connectivity index (χ2v) is 14.4. The molecule has 9 rings (SSSR count). The molecule has 190 valence electrons. The van der Waals surface area contributed by atoms with Crippen molar-refractivity contribution in [1.82, 2.24) is 0 Å². The lowest BCUT2D eigenvalue weighted by Crippen LogP contribution is -2.84. The third-order valence-electron chi connectivity index (χ3n) is 12.4. The SMILES string of the molecule is C=CC1=C[C@@H]2[C@@H]3[C@]4(C(C)C)C(=O)[C@]5(CC[C@H]6C(C)(C)CCC[C@]67C[C@]25[C@@](OC[C@@]3(C)O)(O7)C4=O)C1. The lowest BCUT2D eigenvalue weighted by Gasteiger charge is -2.73. The summed E-state index contributed by atoms with van der Waals surface area (Å²) >= 11 is 0. The molecule has 9 aliphatic rings. The van der Waals surface area contributed by atoms with Crippen molar-refractivity contribution < 1.29 is 24.2 Å². The number of ether oxygens (including phenoxy) is 2. The predicted octanol–water partition coefficient (Wildman–Crippen LogP) is 4.77. The summed E-state index contributed by atoms with van der Waals surface area (Å²) in [4.78, 5) is 30.1. The molecule has 5 nitrogen and oxygen atoms in total. The molecular formula is C30H40O5. The topological polar surface area (TPSA) is 72.8 Å². The monoisotopic (exact) mass is 480 g/mol. The molecule has 9 atom stereocenters. The highest BCUT2D eigenvalue weighted by Gasteiger charge is 2.95. The van der Waals surface area contributed by atoms with E-state index in [4.69, 9.17) is 9.47 Å². The van der Waals surface area contributed by atoms with Crippen LogP contribution in [-0.4, -0.2) is 40.3 Å². The molecule has 3 aliphatic heterocycles. The lowest BCUT2D eigenvalue weighted by atomic mass is 9.28. The number of ketones is 2. The molecule has 0 radical (unpaired) electrons. The van der Waals surface area contributed by atoms with Crippen LogP contribution in [0.15, 0.2) is 24.3 Å². The number of allylic oxidation sites excluding steroid dienone is 3. The van der Waals surface area contributed by atoms with Crippen LogP contribution in [0.1, 0.15) is 79.6 Å². The molecule has 5 saturated carbocycles. The van der Waals surface area contributed by atoms with Crippen molar-refractivity contribution in [3.8, 4) is 0 Å². The molecule has 3 heterocycles. The van der Waals surface area contributed by atoms with Gasteiger partial charge in [-0.2, -0.15) is 0 Å². The summed E-state index contributed by atoms with van der Waals surface area (Å²) in [6.07, 6.45) is 10.2.